The highest BCUT2D eigenvalue weighted by Gasteiger charge is 2.55. The normalized spacial score (nSPS) is 34.5. The zero-order valence-electron chi connectivity index (χ0n) is 44.6. The molecular weight excluding hydrogens is 1060 g/mol. The lowest BCUT2D eigenvalue weighted by Gasteiger charge is -2.50. The van der Waals surface area contributed by atoms with Crippen LogP contribution in [-0.2, 0) is 76.6 Å². The fraction of sp³-hybridized carbons (Fsp3) is 0.854. The molecule has 19 atom stereocenters. The molecule has 12 N–H and O–H groups in total. The van der Waals surface area contributed by atoms with Crippen molar-refractivity contribution in [3.8, 4) is 0 Å². The quantitative estimate of drug-likeness (QED) is 0.0111. The Morgan fingerprint density at radius 2 is 1.15 bits per heavy atom. The summed E-state index contributed by atoms with van der Waals surface area (Å²) in [6.45, 7) is 2.07. The van der Waals surface area contributed by atoms with Crippen LogP contribution in [0.2, 0.25) is 0 Å². The molecule has 18 unspecified atom stereocenters. The van der Waals surface area contributed by atoms with Gasteiger partial charge in [0.15, 0.2) is 18.9 Å². The van der Waals surface area contributed by atoms with Gasteiger partial charge in [0, 0.05) is 34.1 Å². The van der Waals surface area contributed by atoms with Gasteiger partial charge in [-0.2, -0.15) is 8.42 Å². The van der Waals surface area contributed by atoms with Gasteiger partial charge < -0.3 is 90.0 Å². The lowest BCUT2D eigenvalue weighted by Crippen LogP contribution is -2.70. The maximum absolute atomic E-state index is 13.4. The molecule has 4 aliphatic heterocycles. The van der Waals surface area contributed by atoms with Crippen LogP contribution in [0, 0.1) is 0 Å². The second-order valence-electron chi connectivity index (χ2n) is 19.7. The van der Waals surface area contributed by atoms with Crippen molar-refractivity contribution in [2.75, 3.05) is 33.0 Å². The third kappa shape index (κ3) is 20.1. The number of rotatable bonds is 30. The van der Waals surface area contributed by atoms with Crippen LogP contribution in [-0.4, -0.2) is 238 Å². The smallest absolute Gasteiger partial charge is 0.397 e. The van der Waals surface area contributed by atoms with Gasteiger partial charge in [-0.25, -0.2) is 9.25 Å². The predicted octanol–water partition coefficient (Wildman–Crippen LogP) is -3.24. The standard InChI is InChI=1S/C48H82N4O25S/c1-6-7-8-9-10-11-12-13-14-15-16-17-18-19-34(59)51-36-40(62)39(61)32(23-69-28(5)58)74-47(36)76-44-31(21-54)73-48(37(42(44)64)50-26(3)56)75-43-30(20-53)70-22-29(38(43)60)52(27(4)57)77-45-33(24-71-78(66,67)68)72-46(65)35(41(45)63)49-25(2)55/h11-12,29-33,35-48,53-54,60-65H,6-10,13-24H2,1-5H3,(H,49,55)(H,50,56)(H,51,59)(H,66,67,68)/b12-11-/t29?,30?,31?,32?,33?,35?,36?,37?,38?,39?,40?,41?,42?,43-,44?,45?,46?,47?,48?/m1/s1. The number of unbranched alkanes of at least 4 members (excludes halogenated alkanes) is 9. The molecule has 0 aromatic rings. The molecule has 0 saturated carbocycles. The van der Waals surface area contributed by atoms with Crippen LogP contribution in [0.3, 0.4) is 0 Å². The average Bonchev–Trinajstić information content (AvgIpc) is 3.44. The summed E-state index contributed by atoms with van der Waals surface area (Å²) in [5.41, 5.74) is 0. The number of ether oxygens (including phenoxy) is 7. The van der Waals surface area contributed by atoms with Gasteiger partial charge in [0.2, 0.25) is 23.6 Å². The maximum Gasteiger partial charge on any atom is 0.397 e. The largest absolute Gasteiger partial charge is 0.463 e. The van der Waals surface area contributed by atoms with Gasteiger partial charge in [-0.1, -0.05) is 57.6 Å². The third-order valence-corrected chi connectivity index (χ3v) is 13.9. The molecule has 0 aliphatic carbocycles. The van der Waals surface area contributed by atoms with Crippen molar-refractivity contribution >= 4 is 40.0 Å². The molecule has 78 heavy (non-hydrogen) atoms. The van der Waals surface area contributed by atoms with E-state index in [1.165, 1.54) is 25.7 Å². The third-order valence-electron chi connectivity index (χ3n) is 13.5. The molecule has 0 spiro atoms. The van der Waals surface area contributed by atoms with Crippen LogP contribution in [0.5, 0.6) is 0 Å². The van der Waals surface area contributed by atoms with E-state index in [0.29, 0.717) is 11.5 Å². The number of hydrogen-bond donors (Lipinski definition) is 12. The summed E-state index contributed by atoms with van der Waals surface area (Å²) in [7, 11) is -5.17. The van der Waals surface area contributed by atoms with Crippen LogP contribution < -0.4 is 16.0 Å². The first-order valence-electron chi connectivity index (χ1n) is 26.3. The van der Waals surface area contributed by atoms with E-state index in [1.54, 1.807) is 0 Å². The summed E-state index contributed by atoms with van der Waals surface area (Å²) in [5.74, 6) is -3.90. The second kappa shape index (κ2) is 32.7. The van der Waals surface area contributed by atoms with Crippen LogP contribution in [0.4, 0.5) is 0 Å². The molecular formula is C48H82N4O25S. The minimum Gasteiger partial charge on any atom is -0.463 e. The zero-order valence-corrected chi connectivity index (χ0v) is 45.4. The van der Waals surface area contributed by atoms with E-state index in [1.807, 2.05) is 0 Å². The number of aliphatic hydroxyl groups is 8. The fourth-order valence-electron chi connectivity index (χ4n) is 9.49. The lowest BCUT2D eigenvalue weighted by atomic mass is 9.93. The van der Waals surface area contributed by atoms with Crippen molar-refractivity contribution in [2.24, 2.45) is 0 Å². The minimum atomic E-state index is -5.17. The summed E-state index contributed by atoms with van der Waals surface area (Å²) in [4.78, 5) is 69.0. The molecule has 30 heteroatoms. The molecule has 4 heterocycles. The highest BCUT2D eigenvalue weighted by atomic mass is 32.3. The number of nitrogens with one attached hydrogen (secondary N) is 3. The van der Waals surface area contributed by atoms with Crippen molar-refractivity contribution in [2.45, 2.75) is 228 Å². The first-order valence-corrected chi connectivity index (χ1v) is 27.7. The fourth-order valence-corrected chi connectivity index (χ4v) is 9.80. The lowest BCUT2D eigenvalue weighted by molar-refractivity contribution is -0.354. The second-order valence-corrected chi connectivity index (χ2v) is 20.8. The van der Waals surface area contributed by atoms with Crippen molar-refractivity contribution in [3.05, 3.63) is 12.2 Å². The molecule has 0 aromatic carbocycles. The molecule has 4 rings (SSSR count). The minimum absolute atomic E-state index is 0.00797. The van der Waals surface area contributed by atoms with Crippen LogP contribution >= 0.6 is 0 Å². The number of esters is 1. The Morgan fingerprint density at radius 3 is 1.72 bits per heavy atom. The summed E-state index contributed by atoms with van der Waals surface area (Å²) >= 11 is 0. The topological polar surface area (TPSA) is 424 Å². The molecule has 0 bridgehead atoms. The molecule has 0 aromatic heterocycles. The number of aliphatic hydroxyl groups excluding tert-OH is 8. The van der Waals surface area contributed by atoms with Gasteiger partial charge in [0.25, 0.3) is 0 Å². The Morgan fingerprint density at radius 1 is 0.615 bits per heavy atom. The Labute approximate surface area is 453 Å². The predicted molar refractivity (Wildman–Crippen MR) is 265 cm³/mol. The Bertz CT molecular complexity index is 2030. The van der Waals surface area contributed by atoms with Crippen LogP contribution in [0.1, 0.15) is 112 Å². The number of nitrogens with zero attached hydrogens (tertiary/aromatic N) is 1. The van der Waals surface area contributed by atoms with Gasteiger partial charge in [0.1, 0.15) is 104 Å². The molecule has 4 fully saturated rings. The monoisotopic (exact) mass is 1150 g/mol. The van der Waals surface area contributed by atoms with Gasteiger partial charge in [-0.05, 0) is 32.1 Å². The first kappa shape index (κ1) is 66.9. The number of hydrogen-bond acceptors (Lipinski definition) is 24. The molecule has 450 valence electrons. The number of carbonyl (C=O) groups excluding carboxylic acids is 5. The van der Waals surface area contributed by atoms with E-state index in [4.69, 9.17) is 38.0 Å². The van der Waals surface area contributed by atoms with Crippen molar-refractivity contribution in [1.29, 1.82) is 0 Å². The highest BCUT2D eigenvalue weighted by Crippen LogP contribution is 2.34. The summed E-state index contributed by atoms with van der Waals surface area (Å²) in [6.07, 6.45) is -11.8. The van der Waals surface area contributed by atoms with Crippen molar-refractivity contribution in [3.63, 3.8) is 0 Å². The Balaban J connectivity index is 1.54. The first-order chi connectivity index (χ1) is 36.9. The number of amides is 4. The van der Waals surface area contributed by atoms with Crippen LogP contribution in [0.15, 0.2) is 12.2 Å². The van der Waals surface area contributed by atoms with Crippen molar-refractivity contribution < 1.29 is 120 Å². The van der Waals surface area contributed by atoms with E-state index in [-0.39, 0.29) is 6.42 Å². The number of hydroxylamine groups is 2. The summed E-state index contributed by atoms with van der Waals surface area (Å²) in [5, 5.41) is 97.3. The molecule has 29 nitrogen and oxygen atoms in total. The molecule has 4 amide bonds. The van der Waals surface area contributed by atoms with Crippen molar-refractivity contribution in [1.82, 2.24) is 21.0 Å². The summed E-state index contributed by atoms with van der Waals surface area (Å²) < 4.78 is 77.1. The number of allylic oxidation sites excluding steroid dienone is 2. The molecule has 0 radical (unpaired) electrons. The van der Waals surface area contributed by atoms with E-state index in [2.05, 4.69) is 39.2 Å². The van der Waals surface area contributed by atoms with Gasteiger partial charge in [-0.3, -0.25) is 33.4 Å². The van der Waals surface area contributed by atoms with E-state index in [0.717, 1.165) is 66.2 Å². The highest BCUT2D eigenvalue weighted by molar-refractivity contribution is 7.80. The van der Waals surface area contributed by atoms with Crippen LogP contribution in [0.25, 0.3) is 0 Å². The summed E-state index contributed by atoms with van der Waals surface area (Å²) in [6, 6.07) is -6.59. The SMILES string of the molecule is CCCCCC/C=C\CCCCCCCC(=O)NC1C(OC2C(CO)OC(O[C@@H]3C(CO)OCC(N(OC4C(COS(=O)(=O)O)OC(O)C(NC(C)=O)C4O)C(C)=O)C3O)C(NC(C)=O)C2O)OC(COC(C)=O)C(O)C1O. The number of carbonyl (C=O) groups is 5. The molecule has 4 aliphatic rings. The van der Waals surface area contributed by atoms with E-state index in [9.17, 15) is 77.8 Å². The van der Waals surface area contributed by atoms with Gasteiger partial charge in [-0.15, -0.1) is 0 Å². The zero-order chi connectivity index (χ0) is 57.9. The van der Waals surface area contributed by atoms with Gasteiger partial charge in [0.05, 0.1) is 26.4 Å². The van der Waals surface area contributed by atoms with E-state index >= 15 is 0 Å². The Hall–Kier alpha value is -3.64. The van der Waals surface area contributed by atoms with E-state index < -0.39 is 189 Å². The average molecular weight is 1150 g/mol. The molecule has 4 saturated heterocycles. The van der Waals surface area contributed by atoms with Gasteiger partial charge >= 0.3 is 16.4 Å². The maximum atomic E-state index is 13.4. The Kier molecular flexibility index (Phi) is 28.0.